The normalized spacial score (nSPS) is 18.5. The molecule has 8 heteroatoms. The fourth-order valence-electron chi connectivity index (χ4n) is 3.68. The monoisotopic (exact) mass is 395 g/mol. The molecule has 3 rings (SSSR count). The first kappa shape index (κ1) is 19.9. The maximum absolute atomic E-state index is 12.2. The topological polar surface area (TPSA) is 79.0 Å². The van der Waals surface area contributed by atoms with E-state index >= 15 is 0 Å². The second-order valence-electron chi connectivity index (χ2n) is 7.22. The summed E-state index contributed by atoms with van der Waals surface area (Å²) in [5.41, 5.74) is 1.75. The number of sulfonamides is 1. The zero-order valence-corrected chi connectivity index (χ0v) is 16.7. The summed E-state index contributed by atoms with van der Waals surface area (Å²) >= 11 is 0. The Hall–Kier alpha value is -1.80. The van der Waals surface area contributed by atoms with Crippen LogP contribution in [0.1, 0.15) is 25.7 Å². The van der Waals surface area contributed by atoms with Crippen molar-refractivity contribution < 1.29 is 17.9 Å². The lowest BCUT2D eigenvalue weighted by molar-refractivity contribution is -0.127. The maximum Gasteiger partial charge on any atom is 0.232 e. The van der Waals surface area contributed by atoms with Gasteiger partial charge in [-0.25, -0.2) is 8.42 Å². The van der Waals surface area contributed by atoms with Crippen molar-refractivity contribution in [1.82, 2.24) is 5.32 Å². The summed E-state index contributed by atoms with van der Waals surface area (Å²) in [6.07, 6.45) is 5.04. The Morgan fingerprint density at radius 2 is 1.81 bits per heavy atom. The maximum atomic E-state index is 12.2. The van der Waals surface area contributed by atoms with E-state index in [0.29, 0.717) is 18.9 Å². The summed E-state index contributed by atoms with van der Waals surface area (Å²) in [7, 11) is -3.42. The zero-order chi connectivity index (χ0) is 19.3. The number of hydrogen-bond donors (Lipinski definition) is 1. The largest absolute Gasteiger partial charge is 0.381 e. The predicted molar refractivity (Wildman–Crippen MR) is 107 cm³/mol. The zero-order valence-electron chi connectivity index (χ0n) is 15.9. The molecular weight excluding hydrogens is 366 g/mol. The van der Waals surface area contributed by atoms with Gasteiger partial charge in [-0.3, -0.25) is 9.10 Å². The third kappa shape index (κ3) is 5.35. The van der Waals surface area contributed by atoms with Crippen LogP contribution in [-0.2, 0) is 19.6 Å². The molecule has 7 nitrogen and oxygen atoms in total. The van der Waals surface area contributed by atoms with E-state index in [9.17, 15) is 13.2 Å². The standard InChI is InChI=1S/C19H29N3O4S/c1-27(24,25)22(13-10-20-19(23)16-8-14-26-15-9-16)18-6-4-17(5-7-18)21-11-2-3-12-21/h4-7,16H,2-3,8-15H2,1H3,(H,20,23). The number of anilines is 2. The van der Waals surface area contributed by atoms with E-state index in [0.717, 1.165) is 31.6 Å². The quantitative estimate of drug-likeness (QED) is 0.759. The molecule has 0 aliphatic carbocycles. The van der Waals surface area contributed by atoms with Crippen LogP contribution in [0.3, 0.4) is 0 Å². The number of amides is 1. The van der Waals surface area contributed by atoms with Crippen LogP contribution in [-0.4, -0.2) is 60.0 Å². The van der Waals surface area contributed by atoms with Gasteiger partial charge in [-0.1, -0.05) is 0 Å². The van der Waals surface area contributed by atoms with Gasteiger partial charge in [0.15, 0.2) is 0 Å². The molecule has 1 aromatic carbocycles. The van der Waals surface area contributed by atoms with Gasteiger partial charge in [0, 0.05) is 44.5 Å². The van der Waals surface area contributed by atoms with Gasteiger partial charge in [-0.15, -0.1) is 0 Å². The van der Waals surface area contributed by atoms with Gasteiger partial charge in [-0.2, -0.15) is 0 Å². The molecule has 0 atom stereocenters. The molecule has 2 fully saturated rings. The summed E-state index contributed by atoms with van der Waals surface area (Å²) in [5, 5.41) is 2.87. The number of carbonyl (C=O) groups is 1. The third-order valence-electron chi connectivity index (χ3n) is 5.22. The van der Waals surface area contributed by atoms with Crippen LogP contribution in [0, 0.1) is 5.92 Å². The smallest absolute Gasteiger partial charge is 0.232 e. The first-order valence-corrected chi connectivity index (χ1v) is 11.5. The number of nitrogens with one attached hydrogen (secondary N) is 1. The van der Waals surface area contributed by atoms with E-state index in [-0.39, 0.29) is 24.9 Å². The lowest BCUT2D eigenvalue weighted by atomic mass is 9.99. The molecule has 1 N–H and O–H groups in total. The van der Waals surface area contributed by atoms with Crippen LogP contribution in [0.4, 0.5) is 11.4 Å². The first-order valence-electron chi connectivity index (χ1n) is 9.63. The molecular formula is C19H29N3O4S. The lowest BCUT2D eigenvalue weighted by Crippen LogP contribution is -2.41. The second-order valence-corrected chi connectivity index (χ2v) is 9.13. The molecule has 0 spiro atoms. The van der Waals surface area contributed by atoms with Gasteiger partial charge in [0.25, 0.3) is 0 Å². The number of hydrogen-bond acceptors (Lipinski definition) is 5. The van der Waals surface area contributed by atoms with Crippen molar-refractivity contribution in [2.24, 2.45) is 5.92 Å². The highest BCUT2D eigenvalue weighted by atomic mass is 32.2. The summed E-state index contributed by atoms with van der Waals surface area (Å²) in [4.78, 5) is 14.5. The molecule has 1 amide bonds. The van der Waals surface area contributed by atoms with Crippen molar-refractivity contribution in [3.63, 3.8) is 0 Å². The number of nitrogens with zero attached hydrogens (tertiary/aromatic N) is 2. The van der Waals surface area contributed by atoms with Crippen molar-refractivity contribution >= 4 is 27.3 Å². The van der Waals surface area contributed by atoms with Crippen LogP contribution in [0.15, 0.2) is 24.3 Å². The van der Waals surface area contributed by atoms with Crippen LogP contribution in [0.5, 0.6) is 0 Å². The minimum Gasteiger partial charge on any atom is -0.381 e. The predicted octanol–water partition coefficient (Wildman–Crippen LogP) is 1.60. The molecule has 1 aromatic rings. The van der Waals surface area contributed by atoms with Crippen molar-refractivity contribution in [2.75, 3.05) is 54.9 Å². The van der Waals surface area contributed by atoms with E-state index in [2.05, 4.69) is 10.2 Å². The summed E-state index contributed by atoms with van der Waals surface area (Å²) < 4.78 is 31.1. The summed E-state index contributed by atoms with van der Waals surface area (Å²) in [6, 6.07) is 7.63. The highest BCUT2D eigenvalue weighted by Crippen LogP contribution is 2.25. The fraction of sp³-hybridized carbons (Fsp3) is 0.632. The van der Waals surface area contributed by atoms with Crippen molar-refractivity contribution in [3.8, 4) is 0 Å². The SMILES string of the molecule is CS(=O)(=O)N(CCNC(=O)C1CCOCC1)c1ccc(N2CCCC2)cc1. The minimum absolute atomic E-state index is 0.0175. The molecule has 2 aliphatic rings. The van der Waals surface area contributed by atoms with E-state index in [1.54, 1.807) is 0 Å². The van der Waals surface area contributed by atoms with Gasteiger partial charge in [0.05, 0.1) is 18.5 Å². The van der Waals surface area contributed by atoms with Crippen molar-refractivity contribution in [3.05, 3.63) is 24.3 Å². The van der Waals surface area contributed by atoms with Gasteiger partial charge in [0.2, 0.25) is 15.9 Å². The van der Waals surface area contributed by atoms with Crippen LogP contribution in [0.25, 0.3) is 0 Å². The van der Waals surface area contributed by atoms with Gasteiger partial charge in [0.1, 0.15) is 0 Å². The Morgan fingerprint density at radius 3 is 2.41 bits per heavy atom. The van der Waals surface area contributed by atoms with Crippen LogP contribution in [0.2, 0.25) is 0 Å². The van der Waals surface area contributed by atoms with Crippen LogP contribution >= 0.6 is 0 Å². The highest BCUT2D eigenvalue weighted by Gasteiger charge is 2.23. The Morgan fingerprint density at radius 1 is 1.19 bits per heavy atom. The number of benzene rings is 1. The Bertz CT molecular complexity index is 724. The first-order chi connectivity index (χ1) is 12.9. The van der Waals surface area contributed by atoms with Crippen molar-refractivity contribution in [2.45, 2.75) is 25.7 Å². The Balaban J connectivity index is 1.59. The third-order valence-corrected chi connectivity index (χ3v) is 6.41. The molecule has 0 radical (unpaired) electrons. The van der Waals surface area contributed by atoms with E-state index < -0.39 is 10.0 Å². The Kier molecular flexibility index (Phi) is 6.59. The van der Waals surface area contributed by atoms with Gasteiger partial charge >= 0.3 is 0 Å². The second kappa shape index (κ2) is 8.93. The Labute approximate surface area is 161 Å². The molecule has 2 aliphatic heterocycles. The number of ether oxygens (including phenoxy) is 1. The number of carbonyl (C=O) groups excluding carboxylic acids is 1. The molecule has 27 heavy (non-hydrogen) atoms. The minimum atomic E-state index is -3.42. The average Bonchev–Trinajstić information content (AvgIpc) is 3.20. The summed E-state index contributed by atoms with van der Waals surface area (Å²) in [6.45, 7) is 3.82. The van der Waals surface area contributed by atoms with E-state index in [1.165, 1.54) is 23.4 Å². The molecule has 0 bridgehead atoms. The highest BCUT2D eigenvalue weighted by molar-refractivity contribution is 7.92. The fourth-order valence-corrected chi connectivity index (χ4v) is 4.60. The molecule has 150 valence electrons. The van der Waals surface area contributed by atoms with E-state index in [1.807, 2.05) is 24.3 Å². The number of rotatable bonds is 7. The van der Waals surface area contributed by atoms with Gasteiger partial charge in [-0.05, 0) is 49.9 Å². The summed E-state index contributed by atoms with van der Waals surface area (Å²) in [5.74, 6) is -0.0543. The molecule has 0 unspecified atom stereocenters. The molecule has 2 saturated heterocycles. The van der Waals surface area contributed by atoms with Gasteiger partial charge < -0.3 is 15.0 Å². The van der Waals surface area contributed by atoms with E-state index in [4.69, 9.17) is 4.74 Å². The average molecular weight is 396 g/mol. The molecule has 0 aromatic heterocycles. The van der Waals surface area contributed by atoms with Crippen LogP contribution < -0.4 is 14.5 Å². The van der Waals surface area contributed by atoms with Crippen molar-refractivity contribution in [1.29, 1.82) is 0 Å². The molecule has 2 heterocycles. The molecule has 0 saturated carbocycles. The lowest BCUT2D eigenvalue weighted by Gasteiger charge is -2.25.